The van der Waals surface area contributed by atoms with Crippen LogP contribution in [0.3, 0.4) is 0 Å². The summed E-state index contributed by atoms with van der Waals surface area (Å²) in [5.41, 5.74) is -7.14. The van der Waals surface area contributed by atoms with E-state index in [2.05, 4.69) is 9.97 Å². The van der Waals surface area contributed by atoms with E-state index in [0.717, 1.165) is 24.5 Å². The number of rotatable bonds is 3. The van der Waals surface area contributed by atoms with Crippen LogP contribution in [0.15, 0.2) is 55.1 Å². The predicted octanol–water partition coefficient (Wildman–Crippen LogP) is 6.60. The third kappa shape index (κ3) is 4.57. The lowest BCUT2D eigenvalue weighted by Crippen LogP contribution is -2.42. The van der Waals surface area contributed by atoms with Crippen molar-refractivity contribution in [2.45, 2.75) is 38.7 Å². The lowest BCUT2D eigenvalue weighted by Gasteiger charge is -2.42. The fraction of sp³-hybridized carbons (Fsp3) is 0.304. The van der Waals surface area contributed by atoms with Gasteiger partial charge in [-0.25, -0.2) is 14.4 Å². The number of nitrogens with zero attached hydrogens (tertiary/aromatic N) is 2. The van der Waals surface area contributed by atoms with Gasteiger partial charge in [-0.15, -0.1) is 0 Å². The number of aliphatic hydroxyl groups is 1. The Kier molecular flexibility index (Phi) is 6.04. The highest BCUT2D eigenvalue weighted by Crippen LogP contribution is 2.49. The maximum absolute atomic E-state index is 14.4. The molecule has 0 aliphatic heterocycles. The van der Waals surface area contributed by atoms with Gasteiger partial charge in [0.15, 0.2) is 0 Å². The lowest BCUT2D eigenvalue weighted by molar-refractivity contribution is -0.142. The summed E-state index contributed by atoms with van der Waals surface area (Å²) in [6.07, 6.45) is -6.22. The summed E-state index contributed by atoms with van der Waals surface area (Å²) in [6.45, 7) is 4.59. The van der Waals surface area contributed by atoms with E-state index in [0.29, 0.717) is 12.1 Å². The second kappa shape index (κ2) is 8.09. The minimum absolute atomic E-state index is 0.0106. The van der Waals surface area contributed by atoms with Crippen LogP contribution in [-0.4, -0.2) is 15.1 Å². The normalized spacial score (nSPS) is 14.8. The van der Waals surface area contributed by atoms with Gasteiger partial charge in [-0.1, -0.05) is 39.0 Å². The van der Waals surface area contributed by atoms with Gasteiger partial charge in [0.25, 0.3) is 0 Å². The van der Waals surface area contributed by atoms with E-state index in [9.17, 15) is 35.8 Å². The van der Waals surface area contributed by atoms with Gasteiger partial charge >= 0.3 is 12.4 Å². The van der Waals surface area contributed by atoms with Crippen LogP contribution in [0, 0.1) is 11.2 Å². The molecule has 0 aliphatic rings. The van der Waals surface area contributed by atoms with Crippen molar-refractivity contribution in [3.05, 3.63) is 83.2 Å². The van der Waals surface area contributed by atoms with Crippen molar-refractivity contribution < 1.29 is 35.8 Å². The Labute approximate surface area is 184 Å². The van der Waals surface area contributed by atoms with Crippen molar-refractivity contribution >= 4 is 0 Å². The van der Waals surface area contributed by atoms with Crippen molar-refractivity contribution in [1.82, 2.24) is 9.97 Å². The molecule has 0 fully saturated rings. The summed E-state index contributed by atoms with van der Waals surface area (Å²) in [6, 6.07) is 4.32. The molecule has 176 valence electrons. The molecule has 33 heavy (non-hydrogen) atoms. The summed E-state index contributed by atoms with van der Waals surface area (Å²) < 4.78 is 95.3. The molecule has 0 aliphatic carbocycles. The van der Waals surface area contributed by atoms with Gasteiger partial charge in [0, 0.05) is 29.1 Å². The topological polar surface area (TPSA) is 46.0 Å². The highest BCUT2D eigenvalue weighted by Gasteiger charge is 2.49. The zero-order chi connectivity index (χ0) is 24.8. The Balaban J connectivity index is 2.26. The Morgan fingerprint density at radius 3 is 1.82 bits per heavy atom. The fourth-order valence-electron chi connectivity index (χ4n) is 3.67. The van der Waals surface area contributed by atoms with Crippen LogP contribution in [0.2, 0.25) is 0 Å². The predicted molar refractivity (Wildman–Crippen MR) is 106 cm³/mol. The van der Waals surface area contributed by atoms with Crippen LogP contribution in [0.1, 0.15) is 43.0 Å². The van der Waals surface area contributed by atoms with Crippen LogP contribution >= 0.6 is 0 Å². The molecule has 0 saturated carbocycles. The Bertz CT molecular complexity index is 1150. The fourth-order valence-corrected chi connectivity index (χ4v) is 3.67. The molecule has 0 amide bonds. The van der Waals surface area contributed by atoms with Crippen LogP contribution in [-0.2, 0) is 18.0 Å². The SMILES string of the molecule is CC(C)(C)C(O)(c1cncnc1)c1ccc(-c2ccc(C(F)(F)F)cc2F)cc1C(F)(F)F. The molecule has 1 unspecified atom stereocenters. The molecule has 2 aromatic carbocycles. The Hall–Kier alpha value is -3.01. The van der Waals surface area contributed by atoms with E-state index >= 15 is 0 Å². The van der Waals surface area contributed by atoms with Crippen LogP contribution in [0.25, 0.3) is 11.1 Å². The molecule has 0 bridgehead atoms. The van der Waals surface area contributed by atoms with Crippen molar-refractivity contribution in [3.63, 3.8) is 0 Å². The quantitative estimate of drug-likeness (QED) is 0.437. The first-order chi connectivity index (χ1) is 15.1. The first kappa shape index (κ1) is 24.6. The number of benzene rings is 2. The van der Waals surface area contributed by atoms with E-state index in [1.807, 2.05) is 0 Å². The second-order valence-electron chi connectivity index (χ2n) is 8.54. The van der Waals surface area contributed by atoms with E-state index in [1.165, 1.54) is 33.2 Å². The van der Waals surface area contributed by atoms with E-state index in [4.69, 9.17) is 0 Å². The first-order valence-electron chi connectivity index (χ1n) is 9.63. The largest absolute Gasteiger partial charge is 0.416 e. The van der Waals surface area contributed by atoms with Crippen LogP contribution in [0.5, 0.6) is 0 Å². The van der Waals surface area contributed by atoms with Crippen molar-refractivity contribution in [1.29, 1.82) is 0 Å². The molecule has 1 aromatic heterocycles. The first-order valence-corrected chi connectivity index (χ1v) is 9.63. The van der Waals surface area contributed by atoms with E-state index in [1.54, 1.807) is 0 Å². The highest BCUT2D eigenvalue weighted by atomic mass is 19.4. The van der Waals surface area contributed by atoms with Gasteiger partial charge < -0.3 is 5.11 Å². The Morgan fingerprint density at radius 1 is 0.727 bits per heavy atom. The molecule has 3 nitrogen and oxygen atoms in total. The highest BCUT2D eigenvalue weighted by molar-refractivity contribution is 5.67. The summed E-state index contributed by atoms with van der Waals surface area (Å²) in [5, 5.41) is 11.6. The summed E-state index contributed by atoms with van der Waals surface area (Å²) in [7, 11) is 0. The van der Waals surface area contributed by atoms with Crippen molar-refractivity contribution in [2.75, 3.05) is 0 Å². The molecule has 0 saturated heterocycles. The van der Waals surface area contributed by atoms with Crippen LogP contribution in [0.4, 0.5) is 30.7 Å². The van der Waals surface area contributed by atoms with Gasteiger partial charge in [0.2, 0.25) is 0 Å². The summed E-state index contributed by atoms with van der Waals surface area (Å²) >= 11 is 0. The van der Waals surface area contributed by atoms with E-state index in [-0.39, 0.29) is 17.2 Å². The number of aromatic nitrogens is 2. The zero-order valence-electron chi connectivity index (χ0n) is 17.7. The molecule has 3 aromatic rings. The third-order valence-electron chi connectivity index (χ3n) is 5.39. The molecule has 0 radical (unpaired) electrons. The molecule has 3 rings (SSSR count). The number of halogens is 7. The average Bonchev–Trinajstić information content (AvgIpc) is 2.71. The second-order valence-corrected chi connectivity index (χ2v) is 8.54. The smallest absolute Gasteiger partial charge is 0.380 e. The number of hydrogen-bond donors (Lipinski definition) is 1. The number of alkyl halides is 6. The number of hydrogen-bond acceptors (Lipinski definition) is 3. The minimum atomic E-state index is -4.97. The maximum Gasteiger partial charge on any atom is 0.416 e. The molecule has 10 heteroatoms. The van der Waals surface area contributed by atoms with Crippen molar-refractivity contribution in [3.8, 4) is 11.1 Å². The molecule has 1 heterocycles. The molecule has 1 N–H and O–H groups in total. The lowest BCUT2D eigenvalue weighted by atomic mass is 9.67. The van der Waals surface area contributed by atoms with Gasteiger partial charge in [-0.3, -0.25) is 0 Å². The third-order valence-corrected chi connectivity index (χ3v) is 5.39. The summed E-state index contributed by atoms with van der Waals surface area (Å²) in [4.78, 5) is 7.59. The maximum atomic E-state index is 14.4. The van der Waals surface area contributed by atoms with Gasteiger partial charge in [-0.05, 0) is 29.2 Å². The van der Waals surface area contributed by atoms with Gasteiger partial charge in [0.1, 0.15) is 17.7 Å². The van der Waals surface area contributed by atoms with Crippen LogP contribution < -0.4 is 0 Å². The minimum Gasteiger partial charge on any atom is -0.380 e. The standard InChI is InChI=1S/C23H19F7N2O/c1-20(2,3)21(33,15-10-31-12-32-11-15)17-7-4-13(8-18(17)23(28,29)30)16-6-5-14(9-19(16)24)22(25,26)27/h4-12,33H,1-3H3. The van der Waals surface area contributed by atoms with Gasteiger partial charge in [0.05, 0.1) is 11.1 Å². The summed E-state index contributed by atoms with van der Waals surface area (Å²) in [5.74, 6) is -1.33. The van der Waals surface area contributed by atoms with Crippen molar-refractivity contribution in [2.24, 2.45) is 5.41 Å². The van der Waals surface area contributed by atoms with Gasteiger partial charge in [-0.2, -0.15) is 26.3 Å². The average molecular weight is 472 g/mol. The van der Waals surface area contributed by atoms with E-state index < -0.39 is 51.4 Å². The monoisotopic (exact) mass is 472 g/mol. The molecule has 0 spiro atoms. The molecular weight excluding hydrogens is 453 g/mol. The molecular formula is C23H19F7N2O. The zero-order valence-corrected chi connectivity index (χ0v) is 17.7. The Morgan fingerprint density at radius 2 is 1.33 bits per heavy atom. The molecule has 1 atom stereocenters.